The van der Waals surface area contributed by atoms with Crippen LogP contribution in [-0.2, 0) is 0 Å². The molecule has 2 aromatic carbocycles. The fourth-order valence-corrected chi connectivity index (χ4v) is 3.16. The molecule has 1 heterocycles. The summed E-state index contributed by atoms with van der Waals surface area (Å²) in [4.78, 5) is 16.2. The number of phenols is 1. The first-order valence-electron chi connectivity index (χ1n) is 7.56. The molecule has 0 atom stereocenters. The van der Waals surface area contributed by atoms with E-state index in [0.29, 0.717) is 21.6 Å². The van der Waals surface area contributed by atoms with Crippen LogP contribution in [0.4, 0.5) is 4.39 Å². The Morgan fingerprint density at radius 3 is 2.77 bits per heavy atom. The van der Waals surface area contributed by atoms with Crippen LogP contribution in [0.1, 0.15) is 15.9 Å². The second kappa shape index (κ2) is 7.32. The molecule has 0 saturated heterocycles. The third-order valence-electron chi connectivity index (χ3n) is 3.65. The zero-order valence-electron chi connectivity index (χ0n) is 13.8. The van der Waals surface area contributed by atoms with E-state index in [4.69, 9.17) is 5.73 Å². The summed E-state index contributed by atoms with van der Waals surface area (Å²) in [5.41, 5.74) is 6.88. The zero-order chi connectivity index (χ0) is 18.7. The van der Waals surface area contributed by atoms with Crippen LogP contribution in [-0.4, -0.2) is 29.0 Å². The normalized spacial score (nSPS) is 12.0. The van der Waals surface area contributed by atoms with Gasteiger partial charge in [-0.05, 0) is 24.3 Å². The van der Waals surface area contributed by atoms with E-state index in [1.807, 2.05) is 0 Å². The number of thiazole rings is 1. The third kappa shape index (κ3) is 3.40. The second-order valence-electron chi connectivity index (χ2n) is 5.30. The van der Waals surface area contributed by atoms with Crippen molar-refractivity contribution in [1.29, 1.82) is 0 Å². The Balaban J connectivity index is 2.11. The van der Waals surface area contributed by atoms with Gasteiger partial charge in [0.25, 0.3) is 5.91 Å². The van der Waals surface area contributed by atoms with Gasteiger partial charge in [0, 0.05) is 23.6 Å². The minimum Gasteiger partial charge on any atom is -0.507 e. The van der Waals surface area contributed by atoms with Gasteiger partial charge in [-0.2, -0.15) is 5.10 Å². The molecule has 0 unspecified atom stereocenters. The first kappa shape index (κ1) is 17.6. The Bertz CT molecular complexity index is 1070. The lowest BCUT2D eigenvalue weighted by Gasteiger charge is -2.06. The third-order valence-corrected chi connectivity index (χ3v) is 4.56. The van der Waals surface area contributed by atoms with Crippen LogP contribution in [0.2, 0.25) is 0 Å². The van der Waals surface area contributed by atoms with E-state index in [1.165, 1.54) is 40.4 Å². The number of nitrogens with zero attached hydrogens (tertiary/aromatic N) is 3. The number of halogens is 1. The summed E-state index contributed by atoms with van der Waals surface area (Å²) in [6, 6.07) is 10.8. The number of carbonyl (C=O) groups is 1. The molecule has 0 saturated carbocycles. The largest absolute Gasteiger partial charge is 0.507 e. The van der Waals surface area contributed by atoms with E-state index in [0.717, 1.165) is 0 Å². The molecule has 0 aliphatic rings. The van der Waals surface area contributed by atoms with E-state index < -0.39 is 5.91 Å². The van der Waals surface area contributed by atoms with Crippen LogP contribution < -0.4 is 10.5 Å². The molecule has 6 nitrogen and oxygen atoms in total. The van der Waals surface area contributed by atoms with Crippen molar-refractivity contribution in [2.45, 2.75) is 0 Å². The lowest BCUT2D eigenvalue weighted by atomic mass is 10.1. The van der Waals surface area contributed by atoms with Gasteiger partial charge in [-0.3, -0.25) is 9.79 Å². The molecule has 0 spiro atoms. The van der Waals surface area contributed by atoms with E-state index >= 15 is 0 Å². The lowest BCUT2D eigenvalue weighted by molar-refractivity contribution is 0.0998. The number of primary amides is 1. The molecule has 0 aliphatic carbocycles. The van der Waals surface area contributed by atoms with Gasteiger partial charge in [0.15, 0.2) is 0 Å². The fraction of sp³-hybridized carbons (Fsp3) is 0.0556. The van der Waals surface area contributed by atoms with E-state index in [1.54, 1.807) is 36.7 Å². The second-order valence-corrected chi connectivity index (χ2v) is 6.14. The van der Waals surface area contributed by atoms with E-state index in [9.17, 15) is 14.3 Å². The summed E-state index contributed by atoms with van der Waals surface area (Å²) in [7, 11) is 1.62. The van der Waals surface area contributed by atoms with Gasteiger partial charge in [0.1, 0.15) is 11.6 Å². The van der Waals surface area contributed by atoms with Crippen molar-refractivity contribution in [3.8, 4) is 17.0 Å². The highest BCUT2D eigenvalue weighted by Gasteiger charge is 2.13. The van der Waals surface area contributed by atoms with Gasteiger partial charge in [-0.15, -0.1) is 11.3 Å². The quantitative estimate of drug-likeness (QED) is 0.691. The molecule has 26 heavy (non-hydrogen) atoms. The predicted molar refractivity (Wildman–Crippen MR) is 98.8 cm³/mol. The first-order valence-corrected chi connectivity index (χ1v) is 8.44. The number of amides is 1. The summed E-state index contributed by atoms with van der Waals surface area (Å²) >= 11 is 1.34. The highest BCUT2D eigenvalue weighted by Crippen LogP contribution is 2.26. The van der Waals surface area contributed by atoms with Crippen molar-refractivity contribution in [3.63, 3.8) is 0 Å². The zero-order valence-corrected chi connectivity index (χ0v) is 14.6. The predicted octanol–water partition coefficient (Wildman–Crippen LogP) is 2.57. The smallest absolute Gasteiger partial charge is 0.252 e. The average molecular weight is 370 g/mol. The van der Waals surface area contributed by atoms with Gasteiger partial charge >= 0.3 is 0 Å². The number of carbonyl (C=O) groups excluding carboxylic acids is 1. The molecule has 3 N–H and O–H groups in total. The number of hydrogen-bond donors (Lipinski definition) is 2. The maximum atomic E-state index is 13.8. The van der Waals surface area contributed by atoms with Gasteiger partial charge < -0.3 is 10.8 Å². The Morgan fingerprint density at radius 2 is 2.08 bits per heavy atom. The number of aromatic nitrogens is 1. The summed E-state index contributed by atoms with van der Waals surface area (Å²) in [6.45, 7) is 0. The molecule has 0 aliphatic heterocycles. The van der Waals surface area contributed by atoms with Crippen molar-refractivity contribution in [1.82, 2.24) is 4.68 Å². The van der Waals surface area contributed by atoms with Crippen molar-refractivity contribution in [2.75, 3.05) is 7.05 Å². The Kier molecular flexibility index (Phi) is 4.94. The Labute approximate surface area is 152 Å². The summed E-state index contributed by atoms with van der Waals surface area (Å²) in [6.07, 6.45) is 1.40. The lowest BCUT2D eigenvalue weighted by Crippen LogP contribution is -2.13. The van der Waals surface area contributed by atoms with Crippen LogP contribution in [0.25, 0.3) is 11.3 Å². The van der Waals surface area contributed by atoms with Crippen LogP contribution >= 0.6 is 11.3 Å². The van der Waals surface area contributed by atoms with Crippen LogP contribution in [0.3, 0.4) is 0 Å². The Morgan fingerprint density at radius 1 is 1.31 bits per heavy atom. The molecule has 0 bridgehead atoms. The molecule has 0 radical (unpaired) electrons. The summed E-state index contributed by atoms with van der Waals surface area (Å²) in [5, 5.41) is 15.9. The minimum atomic E-state index is -0.735. The van der Waals surface area contributed by atoms with Gasteiger partial charge in [-0.1, -0.05) is 18.2 Å². The number of nitrogens with two attached hydrogens (primary N) is 1. The molecule has 3 rings (SSSR count). The first-order chi connectivity index (χ1) is 12.5. The van der Waals surface area contributed by atoms with Crippen molar-refractivity contribution in [3.05, 3.63) is 69.6 Å². The van der Waals surface area contributed by atoms with Gasteiger partial charge in [0.05, 0.1) is 17.5 Å². The average Bonchev–Trinajstić information content (AvgIpc) is 3.04. The molecule has 1 aromatic heterocycles. The maximum Gasteiger partial charge on any atom is 0.252 e. The van der Waals surface area contributed by atoms with E-state index in [-0.39, 0.29) is 17.1 Å². The summed E-state index contributed by atoms with van der Waals surface area (Å²) in [5.74, 6) is -1.32. The molecule has 3 aromatic rings. The standard InChI is InChI=1S/C18H15FN4O2S/c1-21-18-23(22-9-12-4-2-3-5-14(12)19)15(10-26-18)11-6-7-16(24)13(8-11)17(20)25/h2-10,24H,1H3,(H2,20,25)/b21-18?,22-9+. The van der Waals surface area contributed by atoms with Crippen LogP contribution in [0, 0.1) is 5.82 Å². The fourth-order valence-electron chi connectivity index (χ4n) is 2.35. The maximum absolute atomic E-state index is 13.8. The van der Waals surface area contributed by atoms with Crippen LogP contribution in [0.5, 0.6) is 5.75 Å². The topological polar surface area (TPSA) is 93.0 Å². The molecule has 132 valence electrons. The number of aromatic hydroxyl groups is 1. The molecule has 8 heteroatoms. The number of benzene rings is 2. The molecular formula is C18H15FN4O2S. The SMILES string of the molecule is CN=c1scc(-c2ccc(O)c(C(N)=O)c2)n1/N=C/c1ccccc1F. The summed E-state index contributed by atoms with van der Waals surface area (Å²) < 4.78 is 15.3. The monoisotopic (exact) mass is 370 g/mol. The van der Waals surface area contributed by atoms with Crippen molar-refractivity contribution in [2.24, 2.45) is 15.8 Å². The van der Waals surface area contributed by atoms with Crippen LogP contribution in [0.15, 0.2) is 57.9 Å². The Hall–Kier alpha value is -3.26. The molecule has 1 amide bonds. The number of hydrogen-bond acceptors (Lipinski definition) is 5. The van der Waals surface area contributed by atoms with E-state index in [2.05, 4.69) is 10.1 Å². The number of rotatable bonds is 4. The van der Waals surface area contributed by atoms with Crippen molar-refractivity contribution >= 4 is 23.5 Å². The van der Waals surface area contributed by atoms with Crippen molar-refractivity contribution < 1.29 is 14.3 Å². The highest BCUT2D eigenvalue weighted by molar-refractivity contribution is 7.07. The molecule has 0 fully saturated rings. The minimum absolute atomic E-state index is 0.00770. The highest BCUT2D eigenvalue weighted by atomic mass is 32.1. The van der Waals surface area contributed by atoms with Gasteiger partial charge in [0.2, 0.25) is 4.80 Å². The van der Waals surface area contributed by atoms with Gasteiger partial charge in [-0.25, -0.2) is 9.07 Å². The molecular weight excluding hydrogens is 355 g/mol.